The molecule has 5 heteroatoms. The van der Waals surface area contributed by atoms with Gasteiger partial charge in [-0.15, -0.1) is 0 Å². The van der Waals surface area contributed by atoms with Crippen LogP contribution in [0, 0.1) is 12.7 Å². The summed E-state index contributed by atoms with van der Waals surface area (Å²) in [4.78, 5) is 4.39. The number of hydrogen-bond donors (Lipinski definition) is 1. The van der Waals surface area contributed by atoms with E-state index in [0.717, 1.165) is 16.4 Å². The van der Waals surface area contributed by atoms with E-state index in [1.165, 1.54) is 23.4 Å². The van der Waals surface area contributed by atoms with E-state index in [0.29, 0.717) is 17.9 Å². The Morgan fingerprint density at radius 3 is 2.58 bits per heavy atom. The molecule has 3 aromatic rings. The van der Waals surface area contributed by atoms with Gasteiger partial charge in [0.25, 0.3) is 0 Å². The average Bonchev–Trinajstić information content (AvgIpc) is 2.98. The van der Waals surface area contributed by atoms with Gasteiger partial charge < -0.3 is 9.67 Å². The molecular formula is C19H19FN2OS. The molecule has 0 saturated heterocycles. The molecule has 0 aliphatic heterocycles. The minimum atomic E-state index is -0.205. The van der Waals surface area contributed by atoms with E-state index in [2.05, 4.69) is 36.2 Å². The fourth-order valence-electron chi connectivity index (χ4n) is 2.44. The number of nitrogens with zero attached hydrogens (tertiary/aromatic N) is 2. The fourth-order valence-corrected chi connectivity index (χ4v) is 3.42. The summed E-state index contributed by atoms with van der Waals surface area (Å²) in [6.07, 6.45) is 1.68. The van der Waals surface area contributed by atoms with E-state index in [4.69, 9.17) is 0 Å². The molecule has 3 rings (SSSR count). The number of hydrogen-bond acceptors (Lipinski definition) is 3. The van der Waals surface area contributed by atoms with Crippen LogP contribution in [-0.2, 0) is 18.9 Å². The normalized spacial score (nSPS) is 11.0. The lowest BCUT2D eigenvalue weighted by atomic mass is 10.1. The smallest absolute Gasteiger partial charge is 0.168 e. The maximum absolute atomic E-state index is 13.8. The van der Waals surface area contributed by atoms with Crippen molar-refractivity contribution in [2.24, 2.45) is 0 Å². The largest absolute Gasteiger partial charge is 0.390 e. The molecule has 1 N–H and O–H groups in total. The summed E-state index contributed by atoms with van der Waals surface area (Å²) >= 11 is 1.47. The highest BCUT2D eigenvalue weighted by Gasteiger charge is 2.12. The number of aliphatic hydroxyl groups excluding tert-OH is 1. The van der Waals surface area contributed by atoms with Crippen molar-refractivity contribution >= 4 is 11.8 Å². The van der Waals surface area contributed by atoms with E-state index in [1.807, 2.05) is 10.6 Å². The van der Waals surface area contributed by atoms with E-state index >= 15 is 0 Å². The summed E-state index contributed by atoms with van der Waals surface area (Å²) in [5, 5.41) is 10.3. The molecule has 0 saturated carbocycles. The monoisotopic (exact) mass is 342 g/mol. The molecule has 0 fully saturated rings. The quantitative estimate of drug-likeness (QED) is 0.684. The van der Waals surface area contributed by atoms with Gasteiger partial charge in [-0.1, -0.05) is 59.8 Å². The molecule has 0 bridgehead atoms. The van der Waals surface area contributed by atoms with Gasteiger partial charge in [-0.05, 0) is 24.1 Å². The van der Waals surface area contributed by atoms with Gasteiger partial charge in [-0.25, -0.2) is 9.37 Å². The predicted molar refractivity (Wildman–Crippen MR) is 94.4 cm³/mol. The van der Waals surface area contributed by atoms with Crippen LogP contribution >= 0.6 is 11.8 Å². The van der Waals surface area contributed by atoms with Gasteiger partial charge >= 0.3 is 0 Å². The molecule has 24 heavy (non-hydrogen) atoms. The van der Waals surface area contributed by atoms with Crippen LogP contribution in [0.4, 0.5) is 4.39 Å². The summed E-state index contributed by atoms with van der Waals surface area (Å²) in [5.41, 5.74) is 3.76. The second-order valence-corrected chi connectivity index (χ2v) is 6.58. The first kappa shape index (κ1) is 16.7. The lowest BCUT2D eigenvalue weighted by Gasteiger charge is -2.11. The van der Waals surface area contributed by atoms with Crippen molar-refractivity contribution < 1.29 is 9.50 Å². The highest BCUT2D eigenvalue weighted by molar-refractivity contribution is 7.98. The number of thioether (sulfide) groups is 1. The minimum Gasteiger partial charge on any atom is -0.390 e. The molecule has 1 aromatic heterocycles. The van der Waals surface area contributed by atoms with Gasteiger partial charge in [-0.2, -0.15) is 0 Å². The Balaban J connectivity index is 1.79. The summed E-state index contributed by atoms with van der Waals surface area (Å²) in [6, 6.07) is 15.0. The number of aliphatic hydroxyl groups is 1. The van der Waals surface area contributed by atoms with Crippen LogP contribution < -0.4 is 0 Å². The van der Waals surface area contributed by atoms with Gasteiger partial charge in [-0.3, -0.25) is 0 Å². The van der Waals surface area contributed by atoms with Crippen molar-refractivity contribution in [1.82, 2.24) is 9.55 Å². The Hall–Kier alpha value is -2.11. The molecule has 0 aliphatic rings. The lowest BCUT2D eigenvalue weighted by Crippen LogP contribution is -2.06. The van der Waals surface area contributed by atoms with Crippen LogP contribution in [0.5, 0.6) is 0 Å². The van der Waals surface area contributed by atoms with Gasteiger partial charge in [0.05, 0.1) is 18.5 Å². The molecule has 124 valence electrons. The molecular weight excluding hydrogens is 323 g/mol. The summed E-state index contributed by atoms with van der Waals surface area (Å²) in [5.74, 6) is 0.298. The Kier molecular flexibility index (Phi) is 5.33. The third kappa shape index (κ3) is 3.86. The average molecular weight is 342 g/mol. The van der Waals surface area contributed by atoms with Crippen LogP contribution in [-0.4, -0.2) is 14.7 Å². The lowest BCUT2D eigenvalue weighted by molar-refractivity contribution is 0.270. The van der Waals surface area contributed by atoms with Crippen molar-refractivity contribution in [3.63, 3.8) is 0 Å². The SMILES string of the molecule is Cc1ccc(Cn2c(CO)cnc2SCc2ccccc2F)cc1. The Morgan fingerprint density at radius 1 is 1.12 bits per heavy atom. The summed E-state index contributed by atoms with van der Waals surface area (Å²) in [6.45, 7) is 2.62. The van der Waals surface area contributed by atoms with Crippen LogP contribution in [0.2, 0.25) is 0 Å². The van der Waals surface area contributed by atoms with Crippen molar-refractivity contribution in [3.05, 3.63) is 82.9 Å². The fraction of sp³-hybridized carbons (Fsp3) is 0.211. The topological polar surface area (TPSA) is 38.0 Å². The number of imidazole rings is 1. The summed E-state index contributed by atoms with van der Waals surface area (Å²) < 4.78 is 15.8. The third-order valence-electron chi connectivity index (χ3n) is 3.84. The van der Waals surface area contributed by atoms with Crippen molar-refractivity contribution in [3.8, 4) is 0 Å². The molecule has 1 heterocycles. The number of halogens is 1. The van der Waals surface area contributed by atoms with Crippen LogP contribution in [0.15, 0.2) is 59.9 Å². The Morgan fingerprint density at radius 2 is 1.88 bits per heavy atom. The number of aryl methyl sites for hydroxylation is 1. The first-order valence-electron chi connectivity index (χ1n) is 7.74. The standard InChI is InChI=1S/C19H19FN2OS/c1-14-6-8-15(9-7-14)11-22-17(12-23)10-21-19(22)24-13-16-4-2-3-5-18(16)20/h2-10,23H,11-13H2,1H3. The van der Waals surface area contributed by atoms with Gasteiger partial charge in [0, 0.05) is 12.3 Å². The maximum Gasteiger partial charge on any atom is 0.168 e. The Labute approximate surface area is 145 Å². The van der Waals surface area contributed by atoms with Crippen molar-refractivity contribution in [2.45, 2.75) is 31.0 Å². The van der Waals surface area contributed by atoms with Crippen LogP contribution in [0.3, 0.4) is 0 Å². The highest BCUT2D eigenvalue weighted by atomic mass is 32.2. The number of aromatic nitrogens is 2. The van der Waals surface area contributed by atoms with Gasteiger partial charge in [0.2, 0.25) is 0 Å². The first-order chi connectivity index (χ1) is 11.7. The van der Waals surface area contributed by atoms with Crippen molar-refractivity contribution in [2.75, 3.05) is 0 Å². The summed E-state index contributed by atoms with van der Waals surface area (Å²) in [7, 11) is 0. The highest BCUT2D eigenvalue weighted by Crippen LogP contribution is 2.25. The Bertz CT molecular complexity index is 814. The number of benzene rings is 2. The molecule has 0 radical (unpaired) electrons. The minimum absolute atomic E-state index is 0.0703. The molecule has 0 spiro atoms. The van der Waals surface area contributed by atoms with E-state index in [-0.39, 0.29) is 12.4 Å². The van der Waals surface area contributed by atoms with Crippen LogP contribution in [0.25, 0.3) is 0 Å². The van der Waals surface area contributed by atoms with E-state index in [1.54, 1.807) is 18.3 Å². The zero-order chi connectivity index (χ0) is 16.9. The van der Waals surface area contributed by atoms with Crippen LogP contribution in [0.1, 0.15) is 22.4 Å². The third-order valence-corrected chi connectivity index (χ3v) is 4.88. The molecule has 0 aliphatic carbocycles. The van der Waals surface area contributed by atoms with E-state index in [9.17, 15) is 9.50 Å². The number of rotatable bonds is 6. The zero-order valence-electron chi connectivity index (χ0n) is 13.4. The molecule has 3 nitrogen and oxygen atoms in total. The van der Waals surface area contributed by atoms with Gasteiger partial charge in [0.15, 0.2) is 5.16 Å². The maximum atomic E-state index is 13.8. The molecule has 0 unspecified atom stereocenters. The molecule has 0 atom stereocenters. The zero-order valence-corrected chi connectivity index (χ0v) is 14.3. The predicted octanol–water partition coefficient (Wildman–Crippen LogP) is 4.16. The second-order valence-electron chi connectivity index (χ2n) is 5.64. The molecule has 2 aromatic carbocycles. The van der Waals surface area contributed by atoms with Gasteiger partial charge in [0.1, 0.15) is 5.82 Å². The van der Waals surface area contributed by atoms with E-state index < -0.39 is 0 Å². The first-order valence-corrected chi connectivity index (χ1v) is 8.73. The molecule has 0 amide bonds. The second kappa shape index (κ2) is 7.64. The van der Waals surface area contributed by atoms with Crippen molar-refractivity contribution in [1.29, 1.82) is 0 Å².